The molecule has 1 saturated heterocycles. The number of pyridine rings is 1. The van der Waals surface area contributed by atoms with Crippen LogP contribution >= 0.6 is 0 Å². The van der Waals surface area contributed by atoms with Gasteiger partial charge in [0.25, 0.3) is 5.56 Å². The molecule has 4 aromatic rings. The van der Waals surface area contributed by atoms with Gasteiger partial charge in [0.15, 0.2) is 0 Å². The first-order valence-electron chi connectivity index (χ1n) is 9.44. The number of nitrogens with one attached hydrogen (secondary N) is 1. The van der Waals surface area contributed by atoms with Crippen molar-refractivity contribution in [3.05, 3.63) is 76.6 Å². The van der Waals surface area contributed by atoms with E-state index in [9.17, 15) is 4.79 Å². The Kier molecular flexibility index (Phi) is 3.98. The van der Waals surface area contributed by atoms with E-state index in [1.165, 1.54) is 6.42 Å². The van der Waals surface area contributed by atoms with Crippen molar-refractivity contribution in [2.24, 2.45) is 0 Å². The molecular weight excluding hydrogens is 338 g/mol. The van der Waals surface area contributed by atoms with Crippen molar-refractivity contribution in [1.82, 2.24) is 24.3 Å². The quantitative estimate of drug-likeness (QED) is 0.609. The molecule has 4 heterocycles. The average molecular weight is 359 g/mol. The summed E-state index contributed by atoms with van der Waals surface area (Å²) in [6, 6.07) is 15.6. The van der Waals surface area contributed by atoms with Gasteiger partial charge in [-0.05, 0) is 43.7 Å². The minimum absolute atomic E-state index is 0.0344. The molecule has 0 radical (unpaired) electrons. The Morgan fingerprint density at radius 3 is 2.89 bits per heavy atom. The van der Waals surface area contributed by atoms with Crippen LogP contribution in [-0.4, -0.2) is 30.8 Å². The van der Waals surface area contributed by atoms with Crippen LogP contribution < -0.4 is 5.56 Å². The highest BCUT2D eigenvalue weighted by Crippen LogP contribution is 2.31. The Morgan fingerprint density at radius 2 is 1.96 bits per heavy atom. The maximum absolute atomic E-state index is 12.4. The fourth-order valence-corrected chi connectivity index (χ4v) is 4.01. The second-order valence-electron chi connectivity index (χ2n) is 7.14. The number of fused-ring (bicyclic) bond motifs is 2. The highest BCUT2D eigenvalue weighted by atomic mass is 16.1. The fraction of sp³-hybridized carbons (Fsp3) is 0.286. The average Bonchev–Trinajstić information content (AvgIpc) is 3.12. The van der Waals surface area contributed by atoms with Gasteiger partial charge in [-0.25, -0.2) is 9.97 Å². The zero-order valence-electron chi connectivity index (χ0n) is 15.0. The molecule has 0 spiro atoms. The topological polar surface area (TPSA) is 66.3 Å². The van der Waals surface area contributed by atoms with Crippen LogP contribution in [0.3, 0.4) is 0 Å². The van der Waals surface area contributed by atoms with Crippen molar-refractivity contribution in [3.8, 4) is 0 Å². The zero-order valence-corrected chi connectivity index (χ0v) is 15.0. The van der Waals surface area contributed by atoms with E-state index in [2.05, 4.69) is 16.0 Å². The summed E-state index contributed by atoms with van der Waals surface area (Å²) in [5, 5.41) is 0. The summed E-state index contributed by atoms with van der Waals surface area (Å²) in [5.74, 6) is 1.01. The molecule has 1 atom stereocenters. The molecule has 0 amide bonds. The van der Waals surface area contributed by atoms with Crippen LogP contribution in [0.4, 0.5) is 0 Å². The van der Waals surface area contributed by atoms with E-state index in [-0.39, 0.29) is 11.6 Å². The monoisotopic (exact) mass is 359 g/mol. The summed E-state index contributed by atoms with van der Waals surface area (Å²) in [6.45, 7) is 1.64. The maximum Gasteiger partial charge on any atom is 0.258 e. The molecule has 1 aromatic carbocycles. The van der Waals surface area contributed by atoms with E-state index >= 15 is 0 Å². The Labute approximate surface area is 156 Å². The summed E-state index contributed by atoms with van der Waals surface area (Å²) < 4.78 is 1.58. The van der Waals surface area contributed by atoms with Crippen LogP contribution in [0.2, 0.25) is 0 Å². The number of likely N-dealkylation sites (tertiary alicyclic amines) is 1. The normalized spacial score (nSPS) is 18.3. The molecule has 6 nitrogen and oxygen atoms in total. The van der Waals surface area contributed by atoms with Crippen molar-refractivity contribution in [2.45, 2.75) is 31.8 Å². The summed E-state index contributed by atoms with van der Waals surface area (Å²) in [6.07, 6.45) is 5.16. The van der Waals surface area contributed by atoms with Gasteiger partial charge in [0, 0.05) is 18.8 Å². The van der Waals surface area contributed by atoms with Crippen LogP contribution in [0.15, 0.2) is 59.5 Å². The molecule has 1 aliphatic rings. The third-order valence-electron chi connectivity index (χ3n) is 5.33. The number of rotatable bonds is 3. The first-order valence-corrected chi connectivity index (χ1v) is 9.44. The molecule has 3 aromatic heterocycles. The van der Waals surface area contributed by atoms with E-state index < -0.39 is 0 Å². The van der Waals surface area contributed by atoms with Gasteiger partial charge in [-0.2, -0.15) is 0 Å². The zero-order chi connectivity index (χ0) is 18.2. The molecule has 0 bridgehead atoms. The number of nitrogens with zero attached hydrogens (tertiary/aromatic N) is 4. The molecule has 136 valence electrons. The van der Waals surface area contributed by atoms with E-state index in [0.717, 1.165) is 41.9 Å². The van der Waals surface area contributed by atoms with Gasteiger partial charge in [0.1, 0.15) is 11.5 Å². The summed E-state index contributed by atoms with van der Waals surface area (Å²) in [7, 11) is 0. The molecule has 1 fully saturated rings. The molecule has 27 heavy (non-hydrogen) atoms. The molecule has 0 saturated carbocycles. The SMILES string of the molecule is O=c1cc(CN2CCCC[C@@H]2c2nc3ccccc3[nH]2)nc2ccccn12. The van der Waals surface area contributed by atoms with Gasteiger partial charge in [0.2, 0.25) is 0 Å². The van der Waals surface area contributed by atoms with Crippen LogP contribution in [0.1, 0.15) is 36.8 Å². The molecule has 1 N–H and O–H groups in total. The minimum Gasteiger partial charge on any atom is -0.341 e. The van der Waals surface area contributed by atoms with Crippen molar-refractivity contribution >= 4 is 16.7 Å². The number of aromatic amines is 1. The molecule has 0 unspecified atom stereocenters. The van der Waals surface area contributed by atoms with E-state index in [0.29, 0.717) is 12.2 Å². The first kappa shape index (κ1) is 16.2. The van der Waals surface area contributed by atoms with Crippen LogP contribution in [0.25, 0.3) is 16.7 Å². The van der Waals surface area contributed by atoms with E-state index in [1.807, 2.05) is 36.4 Å². The van der Waals surface area contributed by atoms with Gasteiger partial charge in [-0.3, -0.25) is 14.1 Å². The van der Waals surface area contributed by atoms with E-state index in [1.54, 1.807) is 16.7 Å². The standard InChI is InChI=1S/C21H21N5O/c27-20-13-15(22-19-10-4-6-12-26(19)20)14-25-11-5-3-9-18(25)21-23-16-7-1-2-8-17(16)24-21/h1-2,4,6-8,10,12-13,18H,3,5,9,11,14H2,(H,23,24)/t18-/m1/s1. The fourth-order valence-electron chi connectivity index (χ4n) is 4.01. The predicted molar refractivity (Wildman–Crippen MR) is 105 cm³/mol. The van der Waals surface area contributed by atoms with Crippen LogP contribution in [-0.2, 0) is 6.54 Å². The number of aromatic nitrogens is 4. The number of benzene rings is 1. The van der Waals surface area contributed by atoms with Crippen molar-refractivity contribution in [3.63, 3.8) is 0 Å². The Hall–Kier alpha value is -2.99. The maximum atomic E-state index is 12.4. The Bertz CT molecular complexity index is 1130. The Balaban J connectivity index is 1.48. The van der Waals surface area contributed by atoms with Gasteiger partial charge in [-0.1, -0.05) is 24.6 Å². The van der Waals surface area contributed by atoms with Gasteiger partial charge < -0.3 is 4.98 Å². The number of hydrogen-bond donors (Lipinski definition) is 1. The molecule has 1 aliphatic heterocycles. The number of imidazole rings is 1. The predicted octanol–water partition coefficient (Wildman–Crippen LogP) is 3.30. The van der Waals surface area contributed by atoms with Gasteiger partial charge in [0.05, 0.1) is 22.8 Å². The minimum atomic E-state index is -0.0344. The molecular formula is C21H21N5O. The van der Waals surface area contributed by atoms with Gasteiger partial charge in [-0.15, -0.1) is 0 Å². The summed E-state index contributed by atoms with van der Waals surface area (Å²) in [5.41, 5.74) is 3.54. The van der Waals surface area contributed by atoms with Crippen LogP contribution in [0, 0.1) is 0 Å². The lowest BCUT2D eigenvalue weighted by Gasteiger charge is -2.34. The number of hydrogen-bond acceptors (Lipinski definition) is 4. The number of H-pyrrole nitrogens is 1. The lowest BCUT2D eigenvalue weighted by atomic mass is 10.0. The third kappa shape index (κ3) is 3.02. The number of para-hydroxylation sites is 2. The largest absolute Gasteiger partial charge is 0.341 e. The second-order valence-corrected chi connectivity index (χ2v) is 7.14. The third-order valence-corrected chi connectivity index (χ3v) is 5.33. The first-order chi connectivity index (χ1) is 13.3. The van der Waals surface area contributed by atoms with Crippen molar-refractivity contribution in [2.75, 3.05) is 6.54 Å². The molecule has 6 heteroatoms. The van der Waals surface area contributed by atoms with E-state index in [4.69, 9.17) is 9.97 Å². The van der Waals surface area contributed by atoms with Gasteiger partial charge >= 0.3 is 0 Å². The summed E-state index contributed by atoms with van der Waals surface area (Å²) in [4.78, 5) is 27.8. The lowest BCUT2D eigenvalue weighted by Crippen LogP contribution is -2.34. The van der Waals surface area contributed by atoms with Crippen LogP contribution in [0.5, 0.6) is 0 Å². The smallest absolute Gasteiger partial charge is 0.258 e. The lowest BCUT2D eigenvalue weighted by molar-refractivity contribution is 0.133. The van der Waals surface area contributed by atoms with Crippen molar-refractivity contribution in [1.29, 1.82) is 0 Å². The second kappa shape index (κ2) is 6.63. The van der Waals surface area contributed by atoms with Crippen molar-refractivity contribution < 1.29 is 0 Å². The highest BCUT2D eigenvalue weighted by Gasteiger charge is 2.27. The highest BCUT2D eigenvalue weighted by molar-refractivity contribution is 5.74. The molecule has 5 rings (SSSR count). The number of piperidine rings is 1. The Morgan fingerprint density at radius 1 is 1.07 bits per heavy atom. The summed E-state index contributed by atoms with van der Waals surface area (Å²) >= 11 is 0. The molecule has 0 aliphatic carbocycles.